The molecule has 10 heteroatoms. The minimum Gasteiger partial charge on any atom is -0.409 e. The molecule has 0 spiro atoms. The third kappa shape index (κ3) is 4.07. The number of anilines is 1. The van der Waals surface area contributed by atoms with Crippen molar-refractivity contribution < 1.29 is 18.4 Å². The molecule has 0 heterocycles. The van der Waals surface area contributed by atoms with E-state index in [1.165, 1.54) is 12.1 Å². The van der Waals surface area contributed by atoms with E-state index >= 15 is 0 Å². The first-order chi connectivity index (χ1) is 9.18. The smallest absolute Gasteiger partial charge is 0.400 e. The predicted molar refractivity (Wildman–Crippen MR) is 75.6 cm³/mol. The fraction of sp³-hybridized carbons (Fsp3) is 0.300. The summed E-state index contributed by atoms with van der Waals surface area (Å²) in [4.78, 5) is 0. The fourth-order valence-electron chi connectivity index (χ4n) is 1.33. The van der Waals surface area contributed by atoms with E-state index in [2.05, 4.69) is 26.4 Å². The number of amidine groups is 1. The average Bonchev–Trinajstić information content (AvgIpc) is 2.36. The Hall–Kier alpha value is -0.860. The molecule has 1 atom stereocenters. The third-order valence-corrected chi connectivity index (χ3v) is 4.17. The Morgan fingerprint density at radius 2 is 2.00 bits per heavy atom. The molecule has 1 unspecified atom stereocenters. The van der Waals surface area contributed by atoms with Crippen molar-refractivity contribution in [1.29, 1.82) is 0 Å². The molecule has 0 aliphatic carbocycles. The summed E-state index contributed by atoms with van der Waals surface area (Å²) < 4.78 is 38.7. The highest BCUT2D eigenvalue weighted by atomic mass is 79.9. The molecule has 0 saturated heterocycles. The van der Waals surface area contributed by atoms with Crippen LogP contribution in [0, 0.1) is 5.92 Å². The SMILES string of the molecule is N/C(=N/O)C(CNc1ccc(Br)c(Cl)c1Cl)C(F)(F)F. The zero-order valence-corrected chi connectivity index (χ0v) is 12.8. The van der Waals surface area contributed by atoms with Crippen molar-refractivity contribution in [3.63, 3.8) is 0 Å². The molecule has 4 N–H and O–H groups in total. The van der Waals surface area contributed by atoms with Crippen LogP contribution in [0.4, 0.5) is 18.9 Å². The monoisotopic (exact) mass is 393 g/mol. The lowest BCUT2D eigenvalue weighted by molar-refractivity contribution is -0.152. The van der Waals surface area contributed by atoms with Gasteiger partial charge >= 0.3 is 6.18 Å². The van der Waals surface area contributed by atoms with Gasteiger partial charge in [-0.15, -0.1) is 0 Å². The maximum Gasteiger partial charge on any atom is 0.400 e. The van der Waals surface area contributed by atoms with Gasteiger partial charge in [-0.2, -0.15) is 13.2 Å². The summed E-state index contributed by atoms with van der Waals surface area (Å²) in [6.07, 6.45) is -4.66. The van der Waals surface area contributed by atoms with Crippen LogP contribution in [-0.2, 0) is 0 Å². The molecule has 0 aromatic heterocycles. The van der Waals surface area contributed by atoms with E-state index < -0.39 is 24.5 Å². The number of nitrogens with two attached hydrogens (primary N) is 1. The van der Waals surface area contributed by atoms with Gasteiger partial charge < -0.3 is 16.3 Å². The summed E-state index contributed by atoms with van der Waals surface area (Å²) in [7, 11) is 0. The van der Waals surface area contributed by atoms with Gasteiger partial charge in [0.15, 0.2) is 5.84 Å². The molecule has 1 aromatic rings. The largest absolute Gasteiger partial charge is 0.409 e. The normalized spacial score (nSPS) is 14.2. The highest BCUT2D eigenvalue weighted by molar-refractivity contribution is 9.10. The van der Waals surface area contributed by atoms with E-state index in [9.17, 15) is 13.2 Å². The van der Waals surface area contributed by atoms with Crippen LogP contribution in [0.2, 0.25) is 10.0 Å². The second-order valence-electron chi connectivity index (χ2n) is 3.72. The highest BCUT2D eigenvalue weighted by Crippen LogP contribution is 2.36. The molecule has 0 saturated carbocycles. The van der Waals surface area contributed by atoms with Crippen LogP contribution >= 0.6 is 39.1 Å². The van der Waals surface area contributed by atoms with Crippen molar-refractivity contribution in [3.05, 3.63) is 26.7 Å². The number of rotatable bonds is 4. The van der Waals surface area contributed by atoms with E-state index in [-0.39, 0.29) is 15.7 Å². The lowest BCUT2D eigenvalue weighted by Crippen LogP contribution is -2.40. The second-order valence-corrected chi connectivity index (χ2v) is 5.33. The minimum absolute atomic E-state index is 0.0708. The first kappa shape index (κ1) is 17.2. The van der Waals surface area contributed by atoms with Gasteiger partial charge in [-0.05, 0) is 28.1 Å². The van der Waals surface area contributed by atoms with Gasteiger partial charge in [0.25, 0.3) is 0 Å². The first-order valence-electron chi connectivity index (χ1n) is 5.10. The number of alkyl halides is 3. The number of nitrogens with one attached hydrogen (secondary N) is 1. The number of benzene rings is 1. The lowest BCUT2D eigenvalue weighted by Gasteiger charge is -2.20. The molecule has 0 fully saturated rings. The van der Waals surface area contributed by atoms with E-state index in [0.717, 1.165) is 0 Å². The van der Waals surface area contributed by atoms with Gasteiger partial charge in [0.2, 0.25) is 0 Å². The van der Waals surface area contributed by atoms with Crippen LogP contribution in [0.15, 0.2) is 21.8 Å². The van der Waals surface area contributed by atoms with Gasteiger partial charge in [-0.3, -0.25) is 0 Å². The molecule has 0 bridgehead atoms. The Labute approximate surface area is 130 Å². The Bertz CT molecular complexity index is 525. The summed E-state index contributed by atoms with van der Waals surface area (Å²) in [5.41, 5.74) is 5.24. The third-order valence-electron chi connectivity index (χ3n) is 2.40. The fourth-order valence-corrected chi connectivity index (χ4v) is 2.17. The zero-order chi connectivity index (χ0) is 15.5. The molecule has 0 aliphatic heterocycles. The van der Waals surface area contributed by atoms with E-state index in [4.69, 9.17) is 34.1 Å². The molecular weight excluding hydrogens is 386 g/mol. The number of nitrogens with zero attached hydrogens (tertiary/aromatic N) is 1. The van der Waals surface area contributed by atoms with Crippen molar-refractivity contribution in [2.75, 3.05) is 11.9 Å². The number of oxime groups is 1. The quantitative estimate of drug-likeness (QED) is 0.237. The van der Waals surface area contributed by atoms with Gasteiger partial charge in [0.1, 0.15) is 5.92 Å². The predicted octanol–water partition coefficient (Wildman–Crippen LogP) is 4.09. The topological polar surface area (TPSA) is 70.6 Å². The molecule has 20 heavy (non-hydrogen) atoms. The van der Waals surface area contributed by atoms with Crippen LogP contribution in [0.3, 0.4) is 0 Å². The maximum absolute atomic E-state index is 12.7. The molecule has 0 amide bonds. The Balaban J connectivity index is 2.92. The molecule has 0 radical (unpaired) electrons. The van der Waals surface area contributed by atoms with Crippen LogP contribution in [-0.4, -0.2) is 23.8 Å². The van der Waals surface area contributed by atoms with E-state index in [1.807, 2.05) is 0 Å². The van der Waals surface area contributed by atoms with Crippen molar-refractivity contribution in [3.8, 4) is 0 Å². The standard InChI is InChI=1S/C10H9BrCl2F3N3O/c11-5-1-2-6(8(13)7(5)12)18-3-4(9(17)19-20)10(14,15)16/h1-2,4,18,20H,3H2,(H2,17,19). The maximum atomic E-state index is 12.7. The van der Waals surface area contributed by atoms with Crippen LogP contribution in [0.5, 0.6) is 0 Å². The number of hydrogen-bond donors (Lipinski definition) is 3. The number of hydrogen-bond acceptors (Lipinski definition) is 3. The lowest BCUT2D eigenvalue weighted by atomic mass is 10.1. The summed E-state index contributed by atoms with van der Waals surface area (Å²) >= 11 is 14.9. The molecule has 1 aromatic carbocycles. The summed E-state index contributed by atoms with van der Waals surface area (Å²) in [5.74, 6) is -3.09. The van der Waals surface area contributed by atoms with E-state index in [0.29, 0.717) is 4.47 Å². The van der Waals surface area contributed by atoms with Gasteiger partial charge in [-0.25, -0.2) is 0 Å². The van der Waals surface area contributed by atoms with Crippen molar-refractivity contribution in [1.82, 2.24) is 0 Å². The van der Waals surface area contributed by atoms with Crippen molar-refractivity contribution in [2.24, 2.45) is 16.8 Å². The van der Waals surface area contributed by atoms with Gasteiger partial charge in [0.05, 0.1) is 15.7 Å². The molecule has 112 valence electrons. The van der Waals surface area contributed by atoms with Crippen molar-refractivity contribution >= 4 is 50.7 Å². The molecular formula is C10H9BrCl2F3N3O. The molecule has 4 nitrogen and oxygen atoms in total. The summed E-state index contributed by atoms with van der Waals surface area (Å²) in [5, 5.41) is 13.5. The number of halogens is 6. The van der Waals surface area contributed by atoms with Gasteiger partial charge in [-0.1, -0.05) is 28.4 Å². The highest BCUT2D eigenvalue weighted by Gasteiger charge is 2.42. The zero-order valence-electron chi connectivity index (χ0n) is 9.68. The summed E-state index contributed by atoms with van der Waals surface area (Å²) in [6.45, 7) is -0.642. The average molecular weight is 395 g/mol. The summed E-state index contributed by atoms with van der Waals surface area (Å²) in [6, 6.07) is 2.99. The van der Waals surface area contributed by atoms with Crippen LogP contribution in [0.1, 0.15) is 0 Å². The van der Waals surface area contributed by atoms with E-state index in [1.54, 1.807) is 0 Å². The minimum atomic E-state index is -4.66. The molecule has 1 rings (SSSR count). The first-order valence-corrected chi connectivity index (χ1v) is 6.64. The van der Waals surface area contributed by atoms with Crippen LogP contribution < -0.4 is 11.1 Å². The Morgan fingerprint density at radius 1 is 1.40 bits per heavy atom. The molecule has 0 aliphatic rings. The van der Waals surface area contributed by atoms with Gasteiger partial charge in [0, 0.05) is 11.0 Å². The Kier molecular flexibility index (Phi) is 5.79. The Morgan fingerprint density at radius 3 is 2.50 bits per heavy atom. The van der Waals surface area contributed by atoms with Crippen LogP contribution in [0.25, 0.3) is 0 Å². The second kappa shape index (κ2) is 6.73. The van der Waals surface area contributed by atoms with Crippen molar-refractivity contribution in [2.45, 2.75) is 6.18 Å².